The summed E-state index contributed by atoms with van der Waals surface area (Å²) in [6.07, 6.45) is 8.38. The standard InChI is InChI=1S/C22H30FN3O3.ClH/c1-3-8-21(27)29-24-13-15-14-26(4-2)20-12-19(18(23)11-17(20)22(15)28)25-16-9-6-5-7-10-16;/h11-12,14,16,24-25H,3-10,13H2,1-2H3;1H. The molecule has 0 radical (unpaired) electrons. The summed E-state index contributed by atoms with van der Waals surface area (Å²) in [6.45, 7) is 4.57. The Kier molecular flexibility index (Phi) is 9.11. The van der Waals surface area contributed by atoms with Crippen LogP contribution in [0, 0.1) is 5.82 Å². The average molecular weight is 440 g/mol. The molecule has 0 spiro atoms. The van der Waals surface area contributed by atoms with E-state index in [0.717, 1.165) is 25.7 Å². The van der Waals surface area contributed by atoms with E-state index in [1.807, 2.05) is 18.4 Å². The van der Waals surface area contributed by atoms with Crippen molar-refractivity contribution in [1.29, 1.82) is 0 Å². The second-order valence-electron chi connectivity index (χ2n) is 7.64. The van der Waals surface area contributed by atoms with Crippen molar-refractivity contribution < 1.29 is 14.0 Å². The summed E-state index contributed by atoms with van der Waals surface area (Å²) in [5.41, 5.74) is 3.87. The lowest BCUT2D eigenvalue weighted by atomic mass is 9.95. The van der Waals surface area contributed by atoms with E-state index in [0.29, 0.717) is 41.5 Å². The van der Waals surface area contributed by atoms with Crippen LogP contribution >= 0.6 is 12.4 Å². The number of anilines is 1. The van der Waals surface area contributed by atoms with Crippen molar-refractivity contribution in [3.05, 3.63) is 39.9 Å². The average Bonchev–Trinajstić information content (AvgIpc) is 2.72. The Bertz CT molecular complexity index is 926. The van der Waals surface area contributed by atoms with Crippen molar-refractivity contribution in [3.63, 3.8) is 0 Å². The Labute approximate surface area is 182 Å². The van der Waals surface area contributed by atoms with Crippen LogP contribution in [0.15, 0.2) is 23.1 Å². The number of halogens is 2. The molecule has 166 valence electrons. The van der Waals surface area contributed by atoms with E-state index in [1.165, 1.54) is 12.5 Å². The van der Waals surface area contributed by atoms with E-state index in [-0.39, 0.29) is 36.4 Å². The summed E-state index contributed by atoms with van der Waals surface area (Å²) < 4.78 is 16.7. The lowest BCUT2D eigenvalue weighted by Crippen LogP contribution is -2.25. The van der Waals surface area contributed by atoms with Crippen LogP contribution < -0.4 is 16.2 Å². The molecule has 8 heteroatoms. The maximum absolute atomic E-state index is 14.8. The first kappa shape index (κ1) is 24.2. The van der Waals surface area contributed by atoms with E-state index in [4.69, 9.17) is 4.84 Å². The van der Waals surface area contributed by atoms with Crippen LogP contribution in [0.2, 0.25) is 0 Å². The molecular weight excluding hydrogens is 409 g/mol. The van der Waals surface area contributed by atoms with Gasteiger partial charge in [-0.3, -0.25) is 9.59 Å². The predicted molar refractivity (Wildman–Crippen MR) is 119 cm³/mol. The number of rotatable bonds is 8. The molecule has 2 N–H and O–H groups in total. The van der Waals surface area contributed by atoms with Gasteiger partial charge in [0.15, 0.2) is 5.43 Å². The number of aryl methyl sites for hydroxylation is 1. The Hall–Kier alpha value is -2.12. The minimum absolute atomic E-state index is 0. The fourth-order valence-corrected chi connectivity index (χ4v) is 3.89. The van der Waals surface area contributed by atoms with Crippen molar-refractivity contribution in [2.24, 2.45) is 0 Å². The van der Waals surface area contributed by atoms with Gasteiger partial charge in [0.2, 0.25) is 0 Å². The van der Waals surface area contributed by atoms with Gasteiger partial charge in [-0.1, -0.05) is 26.2 Å². The molecule has 1 aromatic carbocycles. The van der Waals surface area contributed by atoms with E-state index in [9.17, 15) is 14.0 Å². The number of nitrogens with zero attached hydrogens (tertiary/aromatic N) is 1. The Balaban J connectivity index is 0.00000320. The SMILES string of the molecule is CCCC(=O)ONCc1cn(CC)c2cc(NC3CCCCC3)c(F)cc2c1=O.Cl. The van der Waals surface area contributed by atoms with E-state index in [2.05, 4.69) is 10.8 Å². The van der Waals surface area contributed by atoms with Gasteiger partial charge in [-0.15, -0.1) is 17.9 Å². The Morgan fingerprint density at radius 1 is 1.23 bits per heavy atom. The van der Waals surface area contributed by atoms with Crippen molar-refractivity contribution >= 4 is 35.0 Å². The minimum Gasteiger partial charge on any atom is -0.380 e. The normalized spacial score (nSPS) is 14.4. The van der Waals surface area contributed by atoms with Crippen LogP contribution in [0.1, 0.15) is 64.4 Å². The van der Waals surface area contributed by atoms with Gasteiger partial charge < -0.3 is 14.7 Å². The number of pyridine rings is 1. The highest BCUT2D eigenvalue weighted by Crippen LogP contribution is 2.26. The number of benzene rings is 1. The highest BCUT2D eigenvalue weighted by molar-refractivity contribution is 5.85. The molecule has 1 heterocycles. The first-order valence-electron chi connectivity index (χ1n) is 10.6. The van der Waals surface area contributed by atoms with E-state index >= 15 is 0 Å². The molecule has 0 atom stereocenters. The molecule has 1 aliphatic carbocycles. The molecule has 1 aliphatic rings. The number of nitrogens with one attached hydrogen (secondary N) is 2. The molecule has 0 amide bonds. The topological polar surface area (TPSA) is 72.4 Å². The second-order valence-corrected chi connectivity index (χ2v) is 7.64. The third kappa shape index (κ3) is 5.73. The van der Waals surface area contributed by atoms with Crippen LogP contribution in [0.25, 0.3) is 10.9 Å². The van der Waals surface area contributed by atoms with Crippen LogP contribution in [-0.2, 0) is 22.7 Å². The molecular formula is C22H31ClFN3O3. The lowest BCUT2D eigenvalue weighted by Gasteiger charge is -2.24. The lowest BCUT2D eigenvalue weighted by molar-refractivity contribution is -0.151. The summed E-state index contributed by atoms with van der Waals surface area (Å²) in [6, 6.07) is 3.34. The summed E-state index contributed by atoms with van der Waals surface area (Å²) in [5, 5.41) is 3.66. The number of hydrogen-bond acceptors (Lipinski definition) is 5. The number of fused-ring (bicyclic) bond motifs is 1. The number of carbonyl (C=O) groups excluding carboxylic acids is 1. The van der Waals surface area contributed by atoms with Crippen molar-refractivity contribution in [2.45, 2.75) is 77.9 Å². The van der Waals surface area contributed by atoms with Gasteiger partial charge >= 0.3 is 5.97 Å². The van der Waals surface area contributed by atoms with Gasteiger partial charge in [0, 0.05) is 36.2 Å². The summed E-state index contributed by atoms with van der Waals surface area (Å²) in [5.74, 6) is -0.782. The molecule has 0 saturated heterocycles. The third-order valence-electron chi connectivity index (χ3n) is 5.45. The second kappa shape index (κ2) is 11.3. The predicted octanol–water partition coefficient (Wildman–Crippen LogP) is 4.67. The highest BCUT2D eigenvalue weighted by Gasteiger charge is 2.17. The summed E-state index contributed by atoms with van der Waals surface area (Å²) in [4.78, 5) is 29.3. The van der Waals surface area contributed by atoms with Gasteiger partial charge in [-0.05, 0) is 38.3 Å². The quantitative estimate of drug-likeness (QED) is 0.584. The zero-order chi connectivity index (χ0) is 20.8. The maximum atomic E-state index is 14.8. The fourth-order valence-electron chi connectivity index (χ4n) is 3.89. The van der Waals surface area contributed by atoms with Crippen molar-refractivity contribution in [1.82, 2.24) is 10.0 Å². The van der Waals surface area contributed by atoms with Crippen LogP contribution in [-0.4, -0.2) is 16.6 Å². The molecule has 1 aromatic heterocycles. The molecule has 1 fully saturated rings. The van der Waals surface area contributed by atoms with Crippen LogP contribution in [0.5, 0.6) is 0 Å². The van der Waals surface area contributed by atoms with Crippen LogP contribution in [0.4, 0.5) is 10.1 Å². The third-order valence-corrected chi connectivity index (χ3v) is 5.45. The maximum Gasteiger partial charge on any atom is 0.324 e. The number of hydrogen-bond donors (Lipinski definition) is 2. The molecule has 0 unspecified atom stereocenters. The first-order valence-corrected chi connectivity index (χ1v) is 10.6. The van der Waals surface area contributed by atoms with E-state index in [1.54, 1.807) is 12.3 Å². The van der Waals surface area contributed by atoms with Gasteiger partial charge in [0.05, 0.1) is 17.7 Å². The largest absolute Gasteiger partial charge is 0.380 e. The van der Waals surface area contributed by atoms with E-state index < -0.39 is 5.82 Å². The van der Waals surface area contributed by atoms with Gasteiger partial charge in [0.25, 0.3) is 0 Å². The number of aromatic nitrogens is 1. The smallest absolute Gasteiger partial charge is 0.324 e. The monoisotopic (exact) mass is 439 g/mol. The highest BCUT2D eigenvalue weighted by atomic mass is 35.5. The van der Waals surface area contributed by atoms with Gasteiger partial charge in [-0.25, -0.2) is 4.39 Å². The number of hydroxylamine groups is 1. The number of carbonyl (C=O) groups is 1. The Morgan fingerprint density at radius 2 is 1.97 bits per heavy atom. The Morgan fingerprint density at radius 3 is 2.63 bits per heavy atom. The van der Waals surface area contributed by atoms with Crippen molar-refractivity contribution in [2.75, 3.05) is 5.32 Å². The van der Waals surface area contributed by atoms with Crippen LogP contribution in [0.3, 0.4) is 0 Å². The molecule has 2 aromatic rings. The zero-order valence-electron chi connectivity index (χ0n) is 17.6. The summed E-state index contributed by atoms with van der Waals surface area (Å²) in [7, 11) is 0. The fraction of sp³-hybridized carbons (Fsp3) is 0.545. The molecule has 30 heavy (non-hydrogen) atoms. The van der Waals surface area contributed by atoms with Gasteiger partial charge in [-0.2, -0.15) is 0 Å². The first-order chi connectivity index (χ1) is 14.0. The molecule has 6 nitrogen and oxygen atoms in total. The molecule has 0 aliphatic heterocycles. The summed E-state index contributed by atoms with van der Waals surface area (Å²) >= 11 is 0. The zero-order valence-corrected chi connectivity index (χ0v) is 18.4. The molecule has 3 rings (SSSR count). The minimum atomic E-state index is -0.415. The van der Waals surface area contributed by atoms with Crippen molar-refractivity contribution in [3.8, 4) is 0 Å². The molecule has 0 bridgehead atoms. The van der Waals surface area contributed by atoms with Gasteiger partial charge in [0.1, 0.15) is 5.82 Å². The molecule has 1 saturated carbocycles.